The van der Waals surface area contributed by atoms with Gasteiger partial charge in [-0.1, -0.05) is 11.6 Å². The molecular formula is C21H31ClN2O3+2. The van der Waals surface area contributed by atoms with Gasteiger partial charge in [-0.25, -0.2) is 4.79 Å². The molecule has 3 rings (SSSR count). The summed E-state index contributed by atoms with van der Waals surface area (Å²) in [5.74, 6) is 0.00714. The Bertz CT molecular complexity index is 931. The molecule has 0 unspecified atom stereocenters. The summed E-state index contributed by atoms with van der Waals surface area (Å²) >= 11 is 6.28. The number of phenolic OH excluding ortho intramolecular Hbond substituents is 1. The van der Waals surface area contributed by atoms with Gasteiger partial charge in [0.2, 0.25) is 0 Å². The van der Waals surface area contributed by atoms with Gasteiger partial charge in [0, 0.05) is 10.9 Å². The van der Waals surface area contributed by atoms with E-state index in [4.69, 9.17) is 16.0 Å². The Hall–Kier alpha value is -1.56. The summed E-state index contributed by atoms with van der Waals surface area (Å²) in [5.41, 5.74) is 2.44. The molecule has 0 spiro atoms. The summed E-state index contributed by atoms with van der Waals surface area (Å²) < 4.78 is 5.56. The fourth-order valence-corrected chi connectivity index (χ4v) is 5.06. The molecule has 1 saturated heterocycles. The van der Waals surface area contributed by atoms with E-state index in [-0.39, 0.29) is 22.5 Å². The minimum Gasteiger partial charge on any atom is -0.506 e. The highest BCUT2D eigenvalue weighted by atomic mass is 35.5. The van der Waals surface area contributed by atoms with Crippen LogP contribution in [0.2, 0.25) is 5.02 Å². The van der Waals surface area contributed by atoms with Gasteiger partial charge in [-0.3, -0.25) is 0 Å². The zero-order valence-corrected chi connectivity index (χ0v) is 17.8. The summed E-state index contributed by atoms with van der Waals surface area (Å²) in [7, 11) is 0. The zero-order chi connectivity index (χ0) is 20.1. The van der Waals surface area contributed by atoms with Crippen molar-refractivity contribution in [3.05, 3.63) is 38.2 Å². The summed E-state index contributed by atoms with van der Waals surface area (Å²) in [6.07, 6.45) is 2.13. The molecule has 1 aromatic carbocycles. The Balaban J connectivity index is 1.97. The standard InChI is InChI=1S/C21H29ClN2O3/c1-11-12(2)19(26)27-18-14(11)7-16(22)17(25)15(18)10-23-13-8-20(3,4)24-21(5,6)9-13/h7,13,23-25H,8-10H2,1-6H3/p+2. The molecule has 0 radical (unpaired) electrons. The molecular weight excluding hydrogens is 364 g/mol. The van der Waals surface area contributed by atoms with Crippen LogP contribution in [0.5, 0.6) is 5.75 Å². The highest BCUT2D eigenvalue weighted by molar-refractivity contribution is 6.33. The number of aromatic hydroxyl groups is 1. The van der Waals surface area contributed by atoms with Crippen molar-refractivity contribution < 1.29 is 20.2 Å². The van der Waals surface area contributed by atoms with Gasteiger partial charge in [0.15, 0.2) is 5.58 Å². The molecule has 0 atom stereocenters. The first kappa shape index (κ1) is 20.2. The zero-order valence-electron chi connectivity index (χ0n) is 17.1. The number of rotatable bonds is 3. The van der Waals surface area contributed by atoms with Gasteiger partial charge >= 0.3 is 5.63 Å². The number of phenols is 1. The van der Waals surface area contributed by atoms with Crippen molar-refractivity contribution in [3.63, 3.8) is 0 Å². The molecule has 27 heavy (non-hydrogen) atoms. The number of halogens is 1. The number of piperidine rings is 1. The molecule has 2 heterocycles. The van der Waals surface area contributed by atoms with E-state index in [1.165, 1.54) is 0 Å². The van der Waals surface area contributed by atoms with E-state index in [0.29, 0.717) is 34.3 Å². The number of aryl methyl sites for hydroxylation is 1. The van der Waals surface area contributed by atoms with Crippen molar-refractivity contribution in [2.45, 2.75) is 78.0 Å². The SMILES string of the molecule is Cc1c(C)c2cc(Cl)c(O)c(C[NH2+]C3CC(C)(C)[NH2+]C(C)(C)C3)c2oc1=O. The Morgan fingerprint density at radius 1 is 1.22 bits per heavy atom. The maximum Gasteiger partial charge on any atom is 0.339 e. The quantitative estimate of drug-likeness (QED) is 0.697. The van der Waals surface area contributed by atoms with Crippen LogP contribution in [0.25, 0.3) is 11.0 Å². The molecule has 6 heteroatoms. The summed E-state index contributed by atoms with van der Waals surface area (Å²) in [4.78, 5) is 12.2. The predicted octanol–water partition coefficient (Wildman–Crippen LogP) is 2.12. The summed E-state index contributed by atoms with van der Waals surface area (Å²) in [5, 5.41) is 16.3. The number of quaternary nitrogens is 2. The predicted molar refractivity (Wildman–Crippen MR) is 107 cm³/mol. The van der Waals surface area contributed by atoms with Gasteiger partial charge in [0.25, 0.3) is 0 Å². The van der Waals surface area contributed by atoms with Gasteiger partial charge < -0.3 is 20.2 Å². The normalized spacial score (nSPS) is 19.5. The van der Waals surface area contributed by atoms with E-state index in [2.05, 4.69) is 38.3 Å². The van der Waals surface area contributed by atoms with Crippen LogP contribution < -0.4 is 16.3 Å². The lowest BCUT2D eigenvalue weighted by Crippen LogP contribution is -3.09. The molecule has 1 fully saturated rings. The van der Waals surface area contributed by atoms with E-state index in [0.717, 1.165) is 23.8 Å². The van der Waals surface area contributed by atoms with E-state index in [1.54, 1.807) is 13.0 Å². The fraction of sp³-hybridized carbons (Fsp3) is 0.571. The van der Waals surface area contributed by atoms with Crippen molar-refractivity contribution in [2.75, 3.05) is 0 Å². The lowest BCUT2D eigenvalue weighted by molar-refractivity contribution is -0.816. The Kier molecular flexibility index (Phi) is 5.08. The number of hydrogen-bond acceptors (Lipinski definition) is 3. The van der Waals surface area contributed by atoms with Crippen molar-refractivity contribution in [3.8, 4) is 5.75 Å². The molecule has 1 aliphatic rings. The number of nitrogens with two attached hydrogens (primary N) is 2. The third-order valence-electron chi connectivity index (χ3n) is 5.78. The first-order valence-electron chi connectivity index (χ1n) is 9.55. The number of fused-ring (bicyclic) bond motifs is 1. The van der Waals surface area contributed by atoms with Crippen molar-refractivity contribution in [2.24, 2.45) is 0 Å². The van der Waals surface area contributed by atoms with Gasteiger partial charge in [-0.05, 0) is 53.2 Å². The highest BCUT2D eigenvalue weighted by Crippen LogP contribution is 2.35. The molecule has 5 nitrogen and oxygen atoms in total. The third kappa shape index (κ3) is 4.00. The summed E-state index contributed by atoms with van der Waals surface area (Å²) in [6.45, 7) is 13.2. The second-order valence-electron chi connectivity index (χ2n) is 9.43. The molecule has 1 aliphatic heterocycles. The first-order chi connectivity index (χ1) is 12.4. The summed E-state index contributed by atoms with van der Waals surface area (Å²) in [6, 6.07) is 2.11. The number of benzene rings is 1. The van der Waals surface area contributed by atoms with Gasteiger partial charge in [0.05, 0.1) is 40.5 Å². The highest BCUT2D eigenvalue weighted by Gasteiger charge is 2.43. The van der Waals surface area contributed by atoms with Gasteiger partial charge in [-0.2, -0.15) is 0 Å². The minimum absolute atomic E-state index is 0.00714. The minimum atomic E-state index is -0.363. The average molecular weight is 395 g/mol. The van der Waals surface area contributed by atoms with Crippen LogP contribution in [-0.2, 0) is 6.54 Å². The van der Waals surface area contributed by atoms with E-state index >= 15 is 0 Å². The Morgan fingerprint density at radius 2 is 1.81 bits per heavy atom. The third-order valence-corrected chi connectivity index (χ3v) is 6.07. The van der Waals surface area contributed by atoms with Crippen LogP contribution in [0.1, 0.15) is 57.2 Å². The van der Waals surface area contributed by atoms with E-state index < -0.39 is 0 Å². The van der Waals surface area contributed by atoms with Crippen LogP contribution in [-0.4, -0.2) is 22.2 Å². The molecule has 0 amide bonds. The molecule has 0 bridgehead atoms. The largest absolute Gasteiger partial charge is 0.506 e. The second-order valence-corrected chi connectivity index (χ2v) is 9.84. The lowest BCUT2D eigenvalue weighted by Gasteiger charge is -2.41. The molecule has 5 N–H and O–H groups in total. The monoisotopic (exact) mass is 394 g/mol. The second kappa shape index (κ2) is 6.80. The first-order valence-corrected chi connectivity index (χ1v) is 9.93. The fourth-order valence-electron chi connectivity index (χ4n) is 4.83. The van der Waals surface area contributed by atoms with E-state index in [9.17, 15) is 9.90 Å². The van der Waals surface area contributed by atoms with Crippen LogP contribution in [0.15, 0.2) is 15.3 Å². The Morgan fingerprint density at radius 3 is 2.41 bits per heavy atom. The molecule has 2 aromatic rings. The van der Waals surface area contributed by atoms with Crippen LogP contribution in [0, 0.1) is 13.8 Å². The maximum absolute atomic E-state index is 12.2. The maximum atomic E-state index is 12.2. The van der Waals surface area contributed by atoms with Crippen LogP contribution in [0.3, 0.4) is 0 Å². The molecule has 0 saturated carbocycles. The topological polar surface area (TPSA) is 83.7 Å². The number of hydrogen-bond donors (Lipinski definition) is 3. The van der Waals surface area contributed by atoms with Crippen LogP contribution in [0.4, 0.5) is 0 Å². The van der Waals surface area contributed by atoms with Gasteiger partial charge in [-0.15, -0.1) is 0 Å². The average Bonchev–Trinajstić information content (AvgIpc) is 2.52. The molecule has 0 aliphatic carbocycles. The van der Waals surface area contributed by atoms with Crippen molar-refractivity contribution >= 4 is 22.6 Å². The molecule has 148 valence electrons. The van der Waals surface area contributed by atoms with E-state index in [1.807, 2.05) is 6.92 Å². The van der Waals surface area contributed by atoms with Crippen molar-refractivity contribution in [1.29, 1.82) is 0 Å². The van der Waals surface area contributed by atoms with Crippen LogP contribution >= 0.6 is 11.6 Å². The van der Waals surface area contributed by atoms with Crippen molar-refractivity contribution in [1.82, 2.24) is 0 Å². The van der Waals surface area contributed by atoms with Gasteiger partial charge in [0.1, 0.15) is 12.3 Å². The Labute approximate surface area is 165 Å². The smallest absolute Gasteiger partial charge is 0.339 e. The lowest BCUT2D eigenvalue weighted by atomic mass is 9.79. The molecule has 1 aromatic heterocycles.